The van der Waals surface area contributed by atoms with Gasteiger partial charge in [-0.3, -0.25) is 19.3 Å². The third-order valence-electron chi connectivity index (χ3n) is 3.95. The Morgan fingerprint density at radius 3 is 2.08 bits per heavy atom. The third-order valence-corrected chi connectivity index (χ3v) is 3.95. The molecule has 2 aromatic rings. The molecule has 1 heterocycles. The van der Waals surface area contributed by atoms with Gasteiger partial charge in [-0.25, -0.2) is 0 Å². The predicted molar refractivity (Wildman–Crippen MR) is 88.5 cm³/mol. The first-order valence-corrected chi connectivity index (χ1v) is 7.64. The maximum Gasteiger partial charge on any atom is 0.261 e. The van der Waals surface area contributed by atoms with E-state index in [0.29, 0.717) is 23.2 Å². The van der Waals surface area contributed by atoms with Crippen molar-refractivity contribution in [2.45, 2.75) is 6.54 Å². The van der Waals surface area contributed by atoms with E-state index < -0.39 is 0 Å². The molecular formula is C18H17N3O3. The summed E-state index contributed by atoms with van der Waals surface area (Å²) < 4.78 is 0. The lowest BCUT2D eigenvalue weighted by atomic mass is 10.1. The van der Waals surface area contributed by atoms with Crippen LogP contribution < -0.4 is 11.1 Å². The van der Waals surface area contributed by atoms with Gasteiger partial charge in [0.15, 0.2) is 0 Å². The van der Waals surface area contributed by atoms with Crippen molar-refractivity contribution < 1.29 is 14.4 Å². The highest BCUT2D eigenvalue weighted by molar-refractivity contribution is 6.21. The van der Waals surface area contributed by atoms with Crippen molar-refractivity contribution in [2.75, 3.05) is 13.1 Å². The number of hydrogen-bond donors (Lipinski definition) is 2. The number of nitrogens with one attached hydrogen (secondary N) is 1. The fourth-order valence-electron chi connectivity index (χ4n) is 2.62. The van der Waals surface area contributed by atoms with Crippen LogP contribution in [0.3, 0.4) is 0 Å². The number of carbonyl (C=O) groups excluding carboxylic acids is 3. The summed E-state index contributed by atoms with van der Waals surface area (Å²) in [6.07, 6.45) is 0. The molecule has 24 heavy (non-hydrogen) atoms. The minimum Gasteiger partial charge on any atom is -0.350 e. The Hall–Kier alpha value is -2.99. The third kappa shape index (κ3) is 2.91. The second-order valence-corrected chi connectivity index (χ2v) is 5.46. The van der Waals surface area contributed by atoms with Crippen LogP contribution in [0, 0.1) is 0 Å². The minimum atomic E-state index is -0.322. The summed E-state index contributed by atoms with van der Waals surface area (Å²) in [5.74, 6) is -0.899. The summed E-state index contributed by atoms with van der Waals surface area (Å²) in [7, 11) is 0. The molecule has 0 unspecified atom stereocenters. The molecule has 0 fully saturated rings. The van der Waals surface area contributed by atoms with Gasteiger partial charge in [0, 0.05) is 25.2 Å². The monoisotopic (exact) mass is 323 g/mol. The summed E-state index contributed by atoms with van der Waals surface area (Å²) in [6, 6.07) is 13.7. The van der Waals surface area contributed by atoms with Crippen LogP contribution in [0.25, 0.3) is 0 Å². The zero-order valence-electron chi connectivity index (χ0n) is 13.0. The van der Waals surface area contributed by atoms with Gasteiger partial charge in [0.25, 0.3) is 17.7 Å². The van der Waals surface area contributed by atoms with Gasteiger partial charge in [0.1, 0.15) is 0 Å². The van der Waals surface area contributed by atoms with Crippen LogP contribution in [-0.4, -0.2) is 35.7 Å². The number of amides is 3. The van der Waals surface area contributed by atoms with Crippen LogP contribution in [-0.2, 0) is 6.54 Å². The van der Waals surface area contributed by atoms with Crippen LogP contribution in [0.2, 0.25) is 0 Å². The SMILES string of the molecule is NCc1ccc(C(=O)NCCN2C(=O)c3ccccc3C2=O)cc1. The van der Waals surface area contributed by atoms with Gasteiger partial charge in [0.05, 0.1) is 11.1 Å². The van der Waals surface area contributed by atoms with Gasteiger partial charge in [0.2, 0.25) is 0 Å². The van der Waals surface area contributed by atoms with Gasteiger partial charge in [-0.05, 0) is 29.8 Å². The van der Waals surface area contributed by atoms with E-state index in [9.17, 15) is 14.4 Å². The Morgan fingerprint density at radius 2 is 1.54 bits per heavy atom. The van der Waals surface area contributed by atoms with Crippen LogP contribution in [0.15, 0.2) is 48.5 Å². The standard InChI is InChI=1S/C18H17N3O3/c19-11-12-5-7-13(8-6-12)16(22)20-9-10-21-17(23)14-3-1-2-4-15(14)18(21)24/h1-8H,9-11,19H2,(H,20,22). The van der Waals surface area contributed by atoms with E-state index in [1.54, 1.807) is 48.5 Å². The first-order valence-electron chi connectivity index (χ1n) is 7.64. The Bertz CT molecular complexity index is 764. The normalized spacial score (nSPS) is 13.1. The largest absolute Gasteiger partial charge is 0.350 e. The molecule has 3 N–H and O–H groups in total. The van der Waals surface area contributed by atoms with E-state index in [1.165, 1.54) is 0 Å². The molecule has 0 saturated heterocycles. The van der Waals surface area contributed by atoms with Gasteiger partial charge < -0.3 is 11.1 Å². The first kappa shape index (κ1) is 15.9. The number of hydrogen-bond acceptors (Lipinski definition) is 4. The number of nitrogens with zero attached hydrogens (tertiary/aromatic N) is 1. The fourth-order valence-corrected chi connectivity index (χ4v) is 2.62. The smallest absolute Gasteiger partial charge is 0.261 e. The molecule has 6 nitrogen and oxygen atoms in total. The summed E-state index contributed by atoms with van der Waals surface area (Å²) in [4.78, 5) is 37.6. The number of imide groups is 1. The molecule has 1 aliphatic rings. The van der Waals surface area contributed by atoms with E-state index >= 15 is 0 Å². The number of benzene rings is 2. The van der Waals surface area contributed by atoms with Crippen molar-refractivity contribution in [3.8, 4) is 0 Å². The zero-order chi connectivity index (χ0) is 17.1. The van der Waals surface area contributed by atoms with E-state index in [4.69, 9.17) is 5.73 Å². The topological polar surface area (TPSA) is 92.5 Å². The maximum absolute atomic E-state index is 12.2. The Balaban J connectivity index is 1.58. The summed E-state index contributed by atoms with van der Waals surface area (Å²) in [5, 5.41) is 2.71. The molecule has 0 saturated carbocycles. The highest BCUT2D eigenvalue weighted by Crippen LogP contribution is 2.21. The maximum atomic E-state index is 12.2. The lowest BCUT2D eigenvalue weighted by molar-refractivity contribution is 0.0650. The molecule has 0 atom stereocenters. The molecule has 2 aromatic carbocycles. The van der Waals surface area contributed by atoms with E-state index in [2.05, 4.69) is 5.32 Å². The van der Waals surface area contributed by atoms with Crippen LogP contribution >= 0.6 is 0 Å². The molecule has 0 aliphatic carbocycles. The molecule has 3 rings (SSSR count). The number of nitrogens with two attached hydrogens (primary N) is 1. The Labute approximate surface area is 139 Å². The Kier molecular flexibility index (Phi) is 4.39. The van der Waals surface area contributed by atoms with Crippen molar-refractivity contribution >= 4 is 17.7 Å². The van der Waals surface area contributed by atoms with Crippen molar-refractivity contribution in [3.63, 3.8) is 0 Å². The highest BCUT2D eigenvalue weighted by atomic mass is 16.2. The minimum absolute atomic E-state index is 0.138. The summed E-state index contributed by atoms with van der Waals surface area (Å²) >= 11 is 0. The number of carbonyl (C=O) groups is 3. The van der Waals surface area contributed by atoms with Crippen molar-refractivity contribution in [1.82, 2.24) is 10.2 Å². The average molecular weight is 323 g/mol. The van der Waals surface area contributed by atoms with Gasteiger partial charge in [-0.1, -0.05) is 24.3 Å². The lowest BCUT2D eigenvalue weighted by Gasteiger charge is -2.14. The molecule has 3 amide bonds. The fraction of sp³-hybridized carbons (Fsp3) is 0.167. The first-order chi connectivity index (χ1) is 11.6. The molecule has 6 heteroatoms. The molecule has 0 spiro atoms. The van der Waals surface area contributed by atoms with Crippen molar-refractivity contribution in [2.24, 2.45) is 5.73 Å². The zero-order valence-corrected chi connectivity index (χ0v) is 13.0. The molecule has 122 valence electrons. The van der Waals surface area contributed by atoms with E-state index in [-0.39, 0.29) is 30.8 Å². The molecule has 1 aliphatic heterocycles. The Morgan fingerprint density at radius 1 is 0.958 bits per heavy atom. The molecular weight excluding hydrogens is 306 g/mol. The second kappa shape index (κ2) is 6.64. The van der Waals surface area contributed by atoms with E-state index in [0.717, 1.165) is 10.5 Å². The molecule has 0 radical (unpaired) electrons. The summed E-state index contributed by atoms with van der Waals surface area (Å²) in [6.45, 7) is 0.754. The van der Waals surface area contributed by atoms with Crippen molar-refractivity contribution in [1.29, 1.82) is 0 Å². The molecule has 0 aromatic heterocycles. The van der Waals surface area contributed by atoms with Crippen LogP contribution in [0.1, 0.15) is 36.6 Å². The molecule has 0 bridgehead atoms. The van der Waals surface area contributed by atoms with Gasteiger partial charge in [-0.15, -0.1) is 0 Å². The van der Waals surface area contributed by atoms with Gasteiger partial charge >= 0.3 is 0 Å². The highest BCUT2D eigenvalue weighted by Gasteiger charge is 2.34. The van der Waals surface area contributed by atoms with Gasteiger partial charge in [-0.2, -0.15) is 0 Å². The average Bonchev–Trinajstić information content (AvgIpc) is 2.87. The second-order valence-electron chi connectivity index (χ2n) is 5.46. The predicted octanol–water partition coefficient (Wildman–Crippen LogP) is 1.17. The van der Waals surface area contributed by atoms with Crippen LogP contribution in [0.4, 0.5) is 0 Å². The van der Waals surface area contributed by atoms with E-state index in [1.807, 2.05) is 0 Å². The number of fused-ring (bicyclic) bond motifs is 1. The van der Waals surface area contributed by atoms with Crippen LogP contribution in [0.5, 0.6) is 0 Å². The van der Waals surface area contributed by atoms with Crippen molar-refractivity contribution in [3.05, 3.63) is 70.8 Å². The quantitative estimate of drug-likeness (QED) is 0.808. The summed E-state index contributed by atoms with van der Waals surface area (Å²) in [5.41, 5.74) is 7.79. The lowest BCUT2D eigenvalue weighted by Crippen LogP contribution is -2.38. The number of rotatable bonds is 5.